The van der Waals surface area contributed by atoms with Crippen LogP contribution in [0, 0.1) is 6.92 Å². The molecule has 33 heavy (non-hydrogen) atoms. The number of aryl methyl sites for hydroxylation is 1. The SMILES string of the molecule is CCOC(=O)[C@H](NS(=O)(=O)c1ccc(C)cc1)[C@@H](Nc1ccccc1SC)c1ccccc1. The van der Waals surface area contributed by atoms with Crippen molar-refractivity contribution >= 4 is 33.4 Å². The van der Waals surface area contributed by atoms with Crippen molar-refractivity contribution in [2.24, 2.45) is 0 Å². The monoisotopic (exact) mass is 484 g/mol. The van der Waals surface area contributed by atoms with Crippen molar-refractivity contribution < 1.29 is 17.9 Å². The van der Waals surface area contributed by atoms with E-state index in [2.05, 4.69) is 10.0 Å². The fourth-order valence-electron chi connectivity index (χ4n) is 3.39. The number of carbonyl (C=O) groups is 1. The minimum absolute atomic E-state index is 0.0822. The van der Waals surface area contributed by atoms with Gasteiger partial charge in [0.2, 0.25) is 10.0 Å². The van der Waals surface area contributed by atoms with Crippen LogP contribution in [0.15, 0.2) is 88.7 Å². The molecule has 0 heterocycles. The van der Waals surface area contributed by atoms with Crippen molar-refractivity contribution in [2.75, 3.05) is 18.2 Å². The van der Waals surface area contributed by atoms with Gasteiger partial charge in [-0.3, -0.25) is 4.79 Å². The van der Waals surface area contributed by atoms with Crippen LogP contribution < -0.4 is 10.0 Å². The number of para-hydroxylation sites is 1. The Morgan fingerprint density at radius 2 is 1.61 bits per heavy atom. The Labute approximate surface area is 199 Å². The Bertz CT molecular complexity index is 1170. The summed E-state index contributed by atoms with van der Waals surface area (Å²) in [5.74, 6) is -0.656. The van der Waals surface area contributed by atoms with Gasteiger partial charge in [0, 0.05) is 10.6 Å². The molecule has 0 amide bonds. The highest BCUT2D eigenvalue weighted by atomic mass is 32.2. The van der Waals surface area contributed by atoms with E-state index in [9.17, 15) is 13.2 Å². The average molecular weight is 485 g/mol. The summed E-state index contributed by atoms with van der Waals surface area (Å²) in [7, 11) is -4.00. The third kappa shape index (κ3) is 6.37. The highest BCUT2D eigenvalue weighted by Gasteiger charge is 2.35. The van der Waals surface area contributed by atoms with E-state index in [0.29, 0.717) is 0 Å². The van der Waals surface area contributed by atoms with Gasteiger partial charge in [-0.2, -0.15) is 4.72 Å². The summed E-state index contributed by atoms with van der Waals surface area (Å²) in [6, 6.07) is 21.5. The Morgan fingerprint density at radius 1 is 0.970 bits per heavy atom. The number of anilines is 1. The molecule has 8 heteroatoms. The Morgan fingerprint density at radius 3 is 2.24 bits per heavy atom. The molecule has 0 aromatic heterocycles. The summed E-state index contributed by atoms with van der Waals surface area (Å²) in [4.78, 5) is 14.1. The summed E-state index contributed by atoms with van der Waals surface area (Å²) in [6.45, 7) is 3.70. The largest absolute Gasteiger partial charge is 0.465 e. The van der Waals surface area contributed by atoms with Gasteiger partial charge in [0.25, 0.3) is 0 Å². The van der Waals surface area contributed by atoms with E-state index in [4.69, 9.17) is 4.74 Å². The predicted molar refractivity (Wildman–Crippen MR) is 133 cm³/mol. The van der Waals surface area contributed by atoms with Crippen LogP contribution in [0.1, 0.15) is 24.1 Å². The molecular weight excluding hydrogens is 456 g/mol. The fourth-order valence-corrected chi connectivity index (χ4v) is 5.15. The second-order valence-corrected chi connectivity index (χ2v) is 9.96. The number of hydrogen-bond acceptors (Lipinski definition) is 6. The molecule has 3 aromatic rings. The molecule has 0 aliphatic rings. The summed E-state index contributed by atoms with van der Waals surface area (Å²) < 4.78 is 34.3. The normalized spacial score (nSPS) is 13.2. The molecule has 2 atom stereocenters. The van der Waals surface area contributed by atoms with Crippen LogP contribution >= 0.6 is 11.8 Å². The molecule has 2 N–H and O–H groups in total. The minimum atomic E-state index is -4.00. The first kappa shape index (κ1) is 24.8. The van der Waals surface area contributed by atoms with Crippen LogP contribution in [0.25, 0.3) is 0 Å². The number of sulfonamides is 1. The van der Waals surface area contributed by atoms with Gasteiger partial charge in [-0.05, 0) is 49.9 Å². The molecule has 3 rings (SSSR count). The average Bonchev–Trinajstić information content (AvgIpc) is 2.82. The Balaban J connectivity index is 2.06. The lowest BCUT2D eigenvalue weighted by Gasteiger charge is -2.29. The van der Waals surface area contributed by atoms with E-state index in [1.807, 2.05) is 67.8 Å². The zero-order valence-corrected chi connectivity index (χ0v) is 20.4. The first-order valence-corrected chi connectivity index (χ1v) is 13.3. The molecule has 6 nitrogen and oxygen atoms in total. The van der Waals surface area contributed by atoms with Gasteiger partial charge in [0.15, 0.2) is 0 Å². The molecule has 174 valence electrons. The Kier molecular flexibility index (Phi) is 8.55. The van der Waals surface area contributed by atoms with Crippen molar-refractivity contribution in [3.63, 3.8) is 0 Å². The van der Waals surface area contributed by atoms with E-state index in [-0.39, 0.29) is 11.5 Å². The van der Waals surface area contributed by atoms with Crippen molar-refractivity contribution in [2.45, 2.75) is 35.7 Å². The smallest absolute Gasteiger partial charge is 0.326 e. The number of carbonyl (C=O) groups excluding carboxylic acids is 1. The summed E-state index contributed by atoms with van der Waals surface area (Å²) in [5, 5.41) is 3.39. The van der Waals surface area contributed by atoms with Crippen LogP contribution in [0.5, 0.6) is 0 Å². The molecule has 0 saturated carbocycles. The minimum Gasteiger partial charge on any atom is -0.465 e. The summed E-state index contributed by atoms with van der Waals surface area (Å²) in [6.07, 6.45) is 1.96. The number of esters is 1. The van der Waals surface area contributed by atoms with Crippen molar-refractivity contribution in [1.29, 1.82) is 0 Å². The fraction of sp³-hybridized carbons (Fsp3) is 0.240. The predicted octanol–water partition coefficient (Wildman–Crippen LogP) is 4.78. The lowest BCUT2D eigenvalue weighted by Crippen LogP contribution is -2.48. The van der Waals surface area contributed by atoms with Gasteiger partial charge >= 0.3 is 5.97 Å². The van der Waals surface area contributed by atoms with Gasteiger partial charge < -0.3 is 10.1 Å². The van der Waals surface area contributed by atoms with Crippen LogP contribution in [-0.4, -0.2) is 33.3 Å². The second kappa shape index (κ2) is 11.4. The molecule has 3 aromatic carbocycles. The topological polar surface area (TPSA) is 84.5 Å². The highest BCUT2D eigenvalue weighted by molar-refractivity contribution is 7.98. The standard InChI is InChI=1S/C25H28N2O4S2/c1-4-31-25(28)24(27-33(29,30)20-16-14-18(2)15-17-20)23(19-10-6-5-7-11-19)26-21-12-8-9-13-22(21)32-3/h5-17,23-24,26-27H,4H2,1-3H3/t23-,24+/m0/s1. The molecule has 0 aliphatic heterocycles. The van der Waals surface area contributed by atoms with Crippen molar-refractivity contribution in [3.05, 3.63) is 90.0 Å². The van der Waals surface area contributed by atoms with E-state index in [1.165, 1.54) is 12.1 Å². The van der Waals surface area contributed by atoms with E-state index >= 15 is 0 Å². The lowest BCUT2D eigenvalue weighted by molar-refractivity contribution is -0.145. The molecule has 0 unspecified atom stereocenters. The van der Waals surface area contributed by atoms with E-state index in [0.717, 1.165) is 21.7 Å². The molecule has 0 aliphatic carbocycles. The van der Waals surface area contributed by atoms with Crippen molar-refractivity contribution in [1.82, 2.24) is 4.72 Å². The summed E-state index contributed by atoms with van der Waals surface area (Å²) >= 11 is 1.56. The number of rotatable bonds is 10. The van der Waals surface area contributed by atoms with Crippen LogP contribution in [-0.2, 0) is 19.6 Å². The number of ether oxygens (including phenoxy) is 1. The van der Waals surface area contributed by atoms with Crippen LogP contribution in [0.4, 0.5) is 5.69 Å². The van der Waals surface area contributed by atoms with Gasteiger partial charge in [-0.1, -0.05) is 60.2 Å². The third-order valence-electron chi connectivity index (χ3n) is 5.06. The maximum Gasteiger partial charge on any atom is 0.326 e. The second-order valence-electron chi connectivity index (χ2n) is 7.40. The first-order chi connectivity index (χ1) is 15.9. The van der Waals surface area contributed by atoms with Crippen LogP contribution in [0.3, 0.4) is 0 Å². The molecular formula is C25H28N2O4S2. The zero-order valence-electron chi connectivity index (χ0n) is 18.8. The Hall–Kier alpha value is -2.81. The molecule has 0 bridgehead atoms. The number of hydrogen-bond donors (Lipinski definition) is 2. The number of benzene rings is 3. The highest BCUT2D eigenvalue weighted by Crippen LogP contribution is 2.31. The zero-order chi connectivity index (χ0) is 23.8. The van der Waals surface area contributed by atoms with Crippen molar-refractivity contribution in [3.8, 4) is 0 Å². The molecule has 0 fully saturated rings. The number of nitrogens with one attached hydrogen (secondary N) is 2. The quantitative estimate of drug-likeness (QED) is 0.318. The maximum absolute atomic E-state index is 13.2. The van der Waals surface area contributed by atoms with Crippen LogP contribution in [0.2, 0.25) is 0 Å². The molecule has 0 radical (unpaired) electrons. The third-order valence-corrected chi connectivity index (χ3v) is 7.32. The van der Waals surface area contributed by atoms with E-state index < -0.39 is 28.1 Å². The lowest BCUT2D eigenvalue weighted by atomic mass is 9.99. The molecule has 0 spiro atoms. The summed E-state index contributed by atoms with van der Waals surface area (Å²) in [5.41, 5.74) is 2.48. The maximum atomic E-state index is 13.2. The van der Waals surface area contributed by atoms with Gasteiger partial charge in [0.1, 0.15) is 6.04 Å². The van der Waals surface area contributed by atoms with Gasteiger partial charge in [-0.15, -0.1) is 11.8 Å². The molecule has 0 saturated heterocycles. The van der Waals surface area contributed by atoms with Gasteiger partial charge in [0.05, 0.1) is 17.5 Å². The number of thioether (sulfide) groups is 1. The van der Waals surface area contributed by atoms with Gasteiger partial charge in [-0.25, -0.2) is 8.42 Å². The van der Waals surface area contributed by atoms with E-state index in [1.54, 1.807) is 30.8 Å². The first-order valence-electron chi connectivity index (χ1n) is 10.6.